The highest BCUT2D eigenvalue weighted by atomic mass is 16.3. The number of hydrogen-bond donors (Lipinski definition) is 3. The molecule has 1 spiro atoms. The summed E-state index contributed by atoms with van der Waals surface area (Å²) in [4.78, 5) is 2.36. The van der Waals surface area contributed by atoms with Crippen molar-refractivity contribution in [1.29, 1.82) is 0 Å². The lowest BCUT2D eigenvalue weighted by Crippen LogP contribution is -2.53. The number of piperidine rings is 1. The Balaban J connectivity index is 1.56. The molecular formula is C13H24N2O2. The number of nitrogens with zero attached hydrogens (tertiary/aromatic N) is 1. The van der Waals surface area contributed by atoms with E-state index in [2.05, 4.69) is 10.2 Å². The van der Waals surface area contributed by atoms with E-state index in [1.54, 1.807) is 0 Å². The predicted octanol–water partition coefficient (Wildman–Crippen LogP) is -0.0523. The third-order valence-corrected chi connectivity index (χ3v) is 5.05. The fourth-order valence-electron chi connectivity index (χ4n) is 3.78. The van der Waals surface area contributed by atoms with Crippen molar-refractivity contribution >= 4 is 0 Å². The first-order valence-corrected chi connectivity index (χ1v) is 6.96. The van der Waals surface area contributed by atoms with Gasteiger partial charge in [-0.05, 0) is 45.2 Å². The minimum atomic E-state index is -0.543. The molecule has 0 amide bonds. The molecule has 3 N–H and O–H groups in total. The van der Waals surface area contributed by atoms with E-state index < -0.39 is 5.60 Å². The van der Waals surface area contributed by atoms with Gasteiger partial charge < -0.3 is 15.5 Å². The highest BCUT2D eigenvalue weighted by molar-refractivity contribution is 5.03. The van der Waals surface area contributed by atoms with Gasteiger partial charge in [0, 0.05) is 25.0 Å². The van der Waals surface area contributed by atoms with E-state index in [0.717, 1.165) is 58.4 Å². The summed E-state index contributed by atoms with van der Waals surface area (Å²) in [6.07, 6.45) is 5.13. The second-order valence-electron chi connectivity index (χ2n) is 6.38. The van der Waals surface area contributed by atoms with Crippen LogP contribution in [0.3, 0.4) is 0 Å². The first kappa shape index (κ1) is 11.9. The third kappa shape index (κ3) is 2.12. The Labute approximate surface area is 103 Å². The average Bonchev–Trinajstić information content (AvgIpc) is 2.74. The topological polar surface area (TPSA) is 55.7 Å². The van der Waals surface area contributed by atoms with Gasteiger partial charge in [0.2, 0.25) is 0 Å². The highest BCUT2D eigenvalue weighted by Crippen LogP contribution is 2.48. The molecule has 1 saturated carbocycles. The minimum Gasteiger partial charge on any atom is -0.392 e. The van der Waals surface area contributed by atoms with Crippen LogP contribution in [-0.2, 0) is 0 Å². The molecule has 3 aliphatic rings. The van der Waals surface area contributed by atoms with Gasteiger partial charge in [0.25, 0.3) is 0 Å². The first-order chi connectivity index (χ1) is 8.12. The van der Waals surface area contributed by atoms with Crippen molar-refractivity contribution in [3.05, 3.63) is 0 Å². The van der Waals surface area contributed by atoms with E-state index in [0.29, 0.717) is 0 Å². The molecule has 4 heteroatoms. The van der Waals surface area contributed by atoms with Crippen LogP contribution in [0.15, 0.2) is 0 Å². The average molecular weight is 240 g/mol. The van der Waals surface area contributed by atoms with Crippen LogP contribution >= 0.6 is 0 Å². The van der Waals surface area contributed by atoms with Crippen LogP contribution < -0.4 is 5.32 Å². The zero-order chi connectivity index (χ0) is 11.9. The molecule has 0 radical (unpaired) electrons. The van der Waals surface area contributed by atoms with Crippen LogP contribution in [0.5, 0.6) is 0 Å². The lowest BCUT2D eigenvalue weighted by molar-refractivity contribution is -0.0641. The Bertz CT molecular complexity index is 291. The minimum absolute atomic E-state index is 0.0911. The summed E-state index contributed by atoms with van der Waals surface area (Å²) in [6.45, 7) is 4.55. The Morgan fingerprint density at radius 2 is 2.18 bits per heavy atom. The molecule has 0 aromatic heterocycles. The summed E-state index contributed by atoms with van der Waals surface area (Å²) in [7, 11) is 0. The lowest BCUT2D eigenvalue weighted by Gasteiger charge is -2.44. The van der Waals surface area contributed by atoms with E-state index in [1.165, 1.54) is 6.42 Å². The largest absolute Gasteiger partial charge is 0.392 e. The van der Waals surface area contributed by atoms with Gasteiger partial charge in [-0.25, -0.2) is 0 Å². The molecule has 17 heavy (non-hydrogen) atoms. The van der Waals surface area contributed by atoms with Crippen molar-refractivity contribution in [1.82, 2.24) is 10.2 Å². The third-order valence-electron chi connectivity index (χ3n) is 5.05. The maximum atomic E-state index is 10.5. The van der Waals surface area contributed by atoms with Crippen molar-refractivity contribution < 1.29 is 10.2 Å². The molecule has 3 fully saturated rings. The zero-order valence-electron chi connectivity index (χ0n) is 10.5. The molecule has 2 saturated heterocycles. The van der Waals surface area contributed by atoms with Gasteiger partial charge in [-0.3, -0.25) is 4.90 Å². The maximum Gasteiger partial charge on any atom is 0.0898 e. The summed E-state index contributed by atoms with van der Waals surface area (Å²) in [5.41, 5.74) is -0.364. The van der Waals surface area contributed by atoms with E-state index in [-0.39, 0.29) is 11.5 Å². The van der Waals surface area contributed by atoms with Crippen LogP contribution in [0.4, 0.5) is 0 Å². The van der Waals surface area contributed by atoms with Gasteiger partial charge in [-0.2, -0.15) is 0 Å². The number of β-amino-alcohol motifs (C(OH)–C–C–N with tert-alkyl or cyclic N) is 1. The highest BCUT2D eigenvalue weighted by Gasteiger charge is 2.50. The normalized spacial score (nSPS) is 47.3. The molecule has 98 valence electrons. The molecule has 1 aliphatic carbocycles. The fraction of sp³-hybridized carbons (Fsp3) is 1.00. The van der Waals surface area contributed by atoms with Crippen molar-refractivity contribution in [3.8, 4) is 0 Å². The number of aliphatic hydroxyl groups excluding tert-OH is 1. The molecule has 3 unspecified atom stereocenters. The summed E-state index contributed by atoms with van der Waals surface area (Å²) < 4.78 is 0. The number of aliphatic hydroxyl groups is 2. The van der Waals surface area contributed by atoms with Crippen molar-refractivity contribution in [2.45, 2.75) is 43.8 Å². The van der Waals surface area contributed by atoms with Crippen LogP contribution in [0, 0.1) is 5.41 Å². The molecule has 2 heterocycles. The zero-order valence-corrected chi connectivity index (χ0v) is 10.5. The summed E-state index contributed by atoms with van der Waals surface area (Å²) in [5.74, 6) is 0. The number of hydrogen-bond acceptors (Lipinski definition) is 4. The van der Waals surface area contributed by atoms with Gasteiger partial charge >= 0.3 is 0 Å². The van der Waals surface area contributed by atoms with Gasteiger partial charge in [-0.1, -0.05) is 0 Å². The first-order valence-electron chi connectivity index (χ1n) is 6.96. The van der Waals surface area contributed by atoms with E-state index in [4.69, 9.17) is 0 Å². The summed E-state index contributed by atoms with van der Waals surface area (Å²) >= 11 is 0. The number of likely N-dealkylation sites (tertiary alicyclic amines) is 1. The Hall–Kier alpha value is -0.160. The van der Waals surface area contributed by atoms with Crippen LogP contribution in [0.1, 0.15) is 32.1 Å². The smallest absolute Gasteiger partial charge is 0.0898 e. The Morgan fingerprint density at radius 3 is 2.71 bits per heavy atom. The van der Waals surface area contributed by atoms with Gasteiger partial charge in [0.1, 0.15) is 0 Å². The standard InChI is InChI=1S/C13H24N2O2/c16-11-2-4-12(11)5-7-15(9-12)10-13(17)3-1-6-14-8-13/h11,14,16-17H,1-10H2. The summed E-state index contributed by atoms with van der Waals surface area (Å²) in [6, 6.07) is 0. The number of rotatable bonds is 2. The van der Waals surface area contributed by atoms with Gasteiger partial charge in [-0.15, -0.1) is 0 Å². The van der Waals surface area contributed by atoms with Crippen LogP contribution in [-0.4, -0.2) is 59.5 Å². The quantitative estimate of drug-likeness (QED) is 0.633. The van der Waals surface area contributed by atoms with E-state index >= 15 is 0 Å². The lowest BCUT2D eigenvalue weighted by atomic mass is 9.65. The summed E-state index contributed by atoms with van der Waals surface area (Å²) in [5, 5.41) is 23.7. The molecule has 4 nitrogen and oxygen atoms in total. The molecule has 3 atom stereocenters. The maximum absolute atomic E-state index is 10.5. The fourth-order valence-corrected chi connectivity index (χ4v) is 3.78. The van der Waals surface area contributed by atoms with E-state index in [9.17, 15) is 10.2 Å². The molecule has 0 aromatic carbocycles. The Kier molecular flexibility index (Phi) is 2.94. The van der Waals surface area contributed by atoms with Crippen molar-refractivity contribution in [2.24, 2.45) is 5.41 Å². The number of nitrogens with one attached hydrogen (secondary N) is 1. The monoisotopic (exact) mass is 240 g/mol. The van der Waals surface area contributed by atoms with E-state index in [1.807, 2.05) is 0 Å². The molecule has 0 aromatic rings. The van der Waals surface area contributed by atoms with Crippen molar-refractivity contribution in [3.63, 3.8) is 0 Å². The molecular weight excluding hydrogens is 216 g/mol. The van der Waals surface area contributed by atoms with Gasteiger partial charge in [0.05, 0.1) is 11.7 Å². The second-order valence-corrected chi connectivity index (χ2v) is 6.38. The second kappa shape index (κ2) is 4.19. The molecule has 0 bridgehead atoms. The SMILES string of the molecule is OC1CCC12CCN(CC1(O)CCCNC1)C2. The predicted molar refractivity (Wildman–Crippen MR) is 65.8 cm³/mol. The van der Waals surface area contributed by atoms with Crippen LogP contribution in [0.2, 0.25) is 0 Å². The molecule has 3 rings (SSSR count). The Morgan fingerprint density at radius 1 is 1.29 bits per heavy atom. The van der Waals surface area contributed by atoms with Crippen molar-refractivity contribution in [2.75, 3.05) is 32.7 Å². The molecule has 2 aliphatic heterocycles. The van der Waals surface area contributed by atoms with Crippen LogP contribution in [0.25, 0.3) is 0 Å². The van der Waals surface area contributed by atoms with Gasteiger partial charge in [0.15, 0.2) is 0 Å².